The molecule has 3 aromatic carbocycles. The minimum atomic E-state index is -3.51. The van der Waals surface area contributed by atoms with Gasteiger partial charge in [0.1, 0.15) is 0 Å². The minimum absolute atomic E-state index is 0.157. The number of carbonyl (C=O) groups is 1. The summed E-state index contributed by atoms with van der Waals surface area (Å²) in [6.45, 7) is 0. The summed E-state index contributed by atoms with van der Waals surface area (Å²) in [6, 6.07) is 20.2. The van der Waals surface area contributed by atoms with E-state index in [0.29, 0.717) is 5.56 Å². The highest BCUT2D eigenvalue weighted by Gasteiger charge is 2.19. The van der Waals surface area contributed by atoms with Crippen LogP contribution in [0.1, 0.15) is 21.5 Å². The second kappa shape index (κ2) is 6.89. The van der Waals surface area contributed by atoms with E-state index >= 15 is 0 Å². The predicted octanol–water partition coefficient (Wildman–Crippen LogP) is 3.76. The second-order valence-electron chi connectivity index (χ2n) is 6.97. The Labute approximate surface area is 164 Å². The summed E-state index contributed by atoms with van der Waals surface area (Å²) in [7, 11) is -0.561. The van der Waals surface area contributed by atoms with Crippen molar-refractivity contribution in [2.75, 3.05) is 19.4 Å². The summed E-state index contributed by atoms with van der Waals surface area (Å²) in [5.41, 5.74) is 6.05. The van der Waals surface area contributed by atoms with Crippen molar-refractivity contribution in [3.63, 3.8) is 0 Å². The van der Waals surface area contributed by atoms with E-state index in [2.05, 4.69) is 17.4 Å². The molecule has 6 heteroatoms. The van der Waals surface area contributed by atoms with Gasteiger partial charge in [-0.05, 0) is 65.1 Å². The number of anilines is 1. The first-order valence-corrected chi connectivity index (χ1v) is 10.4. The highest BCUT2D eigenvalue weighted by atomic mass is 32.2. The Hall–Kier alpha value is -2.96. The van der Waals surface area contributed by atoms with Crippen molar-refractivity contribution in [3.8, 4) is 11.1 Å². The lowest BCUT2D eigenvalue weighted by Crippen LogP contribution is -2.22. The number of hydrogen-bond donors (Lipinski definition) is 1. The molecule has 1 aliphatic rings. The summed E-state index contributed by atoms with van der Waals surface area (Å²) in [6.07, 6.45) is 0.853. The molecule has 3 aromatic rings. The van der Waals surface area contributed by atoms with Gasteiger partial charge in [-0.15, -0.1) is 0 Å². The van der Waals surface area contributed by atoms with Crippen LogP contribution in [0, 0.1) is 0 Å². The van der Waals surface area contributed by atoms with Crippen molar-refractivity contribution in [1.82, 2.24) is 4.31 Å². The van der Waals surface area contributed by atoms with Gasteiger partial charge in [-0.1, -0.05) is 30.3 Å². The van der Waals surface area contributed by atoms with Crippen LogP contribution in [0.5, 0.6) is 0 Å². The fourth-order valence-corrected chi connectivity index (χ4v) is 4.32. The Morgan fingerprint density at radius 3 is 2.29 bits per heavy atom. The van der Waals surface area contributed by atoms with Crippen LogP contribution in [-0.2, 0) is 16.4 Å². The van der Waals surface area contributed by atoms with Gasteiger partial charge in [0.15, 0.2) is 0 Å². The van der Waals surface area contributed by atoms with Gasteiger partial charge < -0.3 is 5.32 Å². The van der Waals surface area contributed by atoms with E-state index in [4.69, 9.17) is 0 Å². The van der Waals surface area contributed by atoms with Crippen molar-refractivity contribution in [2.45, 2.75) is 11.3 Å². The van der Waals surface area contributed by atoms with Crippen LogP contribution in [0.4, 0.5) is 5.69 Å². The van der Waals surface area contributed by atoms with Gasteiger partial charge in [0, 0.05) is 25.3 Å². The Morgan fingerprint density at radius 1 is 0.893 bits per heavy atom. The molecule has 0 aliphatic heterocycles. The van der Waals surface area contributed by atoms with Crippen molar-refractivity contribution in [1.29, 1.82) is 0 Å². The Kier molecular flexibility index (Phi) is 4.53. The van der Waals surface area contributed by atoms with Crippen molar-refractivity contribution in [3.05, 3.63) is 83.4 Å². The third-order valence-corrected chi connectivity index (χ3v) is 6.78. The summed E-state index contributed by atoms with van der Waals surface area (Å²) in [4.78, 5) is 12.7. The van der Waals surface area contributed by atoms with Gasteiger partial charge in [-0.2, -0.15) is 0 Å². The van der Waals surface area contributed by atoms with Gasteiger partial charge in [0.2, 0.25) is 10.0 Å². The summed E-state index contributed by atoms with van der Waals surface area (Å²) in [5.74, 6) is -0.274. The second-order valence-corrected chi connectivity index (χ2v) is 9.12. The minimum Gasteiger partial charge on any atom is -0.322 e. The summed E-state index contributed by atoms with van der Waals surface area (Å²) >= 11 is 0. The van der Waals surface area contributed by atoms with Gasteiger partial charge in [-0.25, -0.2) is 12.7 Å². The maximum atomic E-state index is 12.6. The van der Waals surface area contributed by atoms with Crippen LogP contribution in [0.15, 0.2) is 71.6 Å². The summed E-state index contributed by atoms with van der Waals surface area (Å²) in [5, 5.41) is 2.90. The van der Waals surface area contributed by atoms with Crippen molar-refractivity contribution >= 4 is 21.6 Å². The quantitative estimate of drug-likeness (QED) is 0.575. The topological polar surface area (TPSA) is 66.5 Å². The number of nitrogens with one attached hydrogen (secondary N) is 1. The summed E-state index contributed by atoms with van der Waals surface area (Å²) < 4.78 is 25.4. The van der Waals surface area contributed by atoms with Crippen LogP contribution in [-0.4, -0.2) is 32.7 Å². The number of hydrogen-bond acceptors (Lipinski definition) is 3. The van der Waals surface area contributed by atoms with E-state index in [1.807, 2.05) is 30.3 Å². The molecule has 1 amide bonds. The molecule has 0 saturated carbocycles. The third kappa shape index (κ3) is 3.21. The number of rotatable bonds is 4. The van der Waals surface area contributed by atoms with Gasteiger partial charge in [-0.3, -0.25) is 4.79 Å². The highest BCUT2D eigenvalue weighted by Crippen LogP contribution is 2.37. The molecule has 5 nitrogen and oxygen atoms in total. The lowest BCUT2D eigenvalue weighted by molar-refractivity contribution is 0.102. The first kappa shape index (κ1) is 18.4. The molecule has 0 heterocycles. The van der Waals surface area contributed by atoms with Gasteiger partial charge in [0.25, 0.3) is 5.91 Å². The fourth-order valence-electron chi connectivity index (χ4n) is 3.42. The van der Waals surface area contributed by atoms with E-state index in [1.165, 1.54) is 60.6 Å². The van der Waals surface area contributed by atoms with E-state index in [0.717, 1.165) is 16.4 Å². The van der Waals surface area contributed by atoms with Crippen LogP contribution >= 0.6 is 0 Å². The number of nitrogens with zero attached hydrogens (tertiary/aromatic N) is 1. The zero-order valence-corrected chi connectivity index (χ0v) is 16.5. The Balaban J connectivity index is 1.53. The lowest BCUT2D eigenvalue weighted by Gasteiger charge is -2.12. The average molecular weight is 392 g/mol. The molecular weight excluding hydrogens is 372 g/mol. The highest BCUT2D eigenvalue weighted by molar-refractivity contribution is 7.89. The number of amides is 1. The van der Waals surface area contributed by atoms with Crippen LogP contribution in [0.2, 0.25) is 0 Å². The molecule has 142 valence electrons. The molecule has 0 saturated heterocycles. The molecule has 28 heavy (non-hydrogen) atoms. The smallest absolute Gasteiger partial charge is 0.255 e. The monoisotopic (exact) mass is 392 g/mol. The van der Waals surface area contributed by atoms with Gasteiger partial charge in [0.05, 0.1) is 4.90 Å². The molecule has 0 aromatic heterocycles. The standard InChI is InChI=1S/C22H20N2O3S/c1-24(2)28(26,27)19-10-7-15(8-11-19)22(25)23-18-9-12-21-17(14-18)13-16-5-3-4-6-20(16)21/h3-12,14H,13H2,1-2H3,(H,23,25). The van der Waals surface area contributed by atoms with Crippen molar-refractivity contribution < 1.29 is 13.2 Å². The average Bonchev–Trinajstić information content (AvgIpc) is 3.05. The number of fused-ring (bicyclic) bond motifs is 3. The van der Waals surface area contributed by atoms with Crippen LogP contribution in [0.25, 0.3) is 11.1 Å². The maximum absolute atomic E-state index is 12.6. The number of benzene rings is 3. The first-order chi connectivity index (χ1) is 13.4. The zero-order chi connectivity index (χ0) is 19.9. The fraction of sp³-hybridized carbons (Fsp3) is 0.136. The van der Waals surface area contributed by atoms with E-state index in [9.17, 15) is 13.2 Å². The molecule has 1 aliphatic carbocycles. The number of carbonyl (C=O) groups excluding carboxylic acids is 1. The van der Waals surface area contributed by atoms with Crippen molar-refractivity contribution in [2.24, 2.45) is 0 Å². The molecule has 0 fully saturated rings. The van der Waals surface area contributed by atoms with Crippen LogP contribution < -0.4 is 5.32 Å². The molecular formula is C22H20N2O3S. The molecule has 4 rings (SSSR count). The van der Waals surface area contributed by atoms with E-state index < -0.39 is 10.0 Å². The van der Waals surface area contributed by atoms with E-state index in [-0.39, 0.29) is 10.8 Å². The Morgan fingerprint density at radius 2 is 1.57 bits per heavy atom. The Bertz CT molecular complexity index is 1170. The molecule has 0 bridgehead atoms. The molecule has 0 radical (unpaired) electrons. The normalized spacial score (nSPS) is 12.5. The zero-order valence-electron chi connectivity index (χ0n) is 15.6. The van der Waals surface area contributed by atoms with Crippen LogP contribution in [0.3, 0.4) is 0 Å². The third-order valence-electron chi connectivity index (χ3n) is 4.95. The predicted molar refractivity (Wildman–Crippen MR) is 110 cm³/mol. The lowest BCUT2D eigenvalue weighted by atomic mass is 10.1. The SMILES string of the molecule is CN(C)S(=O)(=O)c1ccc(C(=O)Nc2ccc3c(c2)Cc2ccccc2-3)cc1. The largest absolute Gasteiger partial charge is 0.322 e. The number of sulfonamides is 1. The van der Waals surface area contributed by atoms with Gasteiger partial charge >= 0.3 is 0 Å². The molecule has 0 atom stereocenters. The van der Waals surface area contributed by atoms with E-state index in [1.54, 1.807) is 0 Å². The molecule has 1 N–H and O–H groups in total. The molecule has 0 unspecified atom stereocenters. The maximum Gasteiger partial charge on any atom is 0.255 e. The molecule has 0 spiro atoms. The first-order valence-electron chi connectivity index (χ1n) is 8.91.